The first-order valence-corrected chi connectivity index (χ1v) is 7.32. The fraction of sp³-hybridized carbons (Fsp3) is 0.500. The topological polar surface area (TPSA) is 49.8 Å². The van der Waals surface area contributed by atoms with E-state index in [1.54, 1.807) is 0 Å². The molecular weight excluding hydrogens is 262 g/mol. The van der Waals surface area contributed by atoms with Crippen LogP contribution in [-0.4, -0.2) is 35.5 Å². The molecule has 0 saturated carbocycles. The Morgan fingerprint density at radius 2 is 2.26 bits per heavy atom. The van der Waals surface area contributed by atoms with E-state index in [4.69, 9.17) is 9.84 Å². The number of ether oxygens (including phenoxy) is 1. The maximum atomic E-state index is 10.6. The van der Waals surface area contributed by atoms with Gasteiger partial charge in [0.15, 0.2) is 0 Å². The second-order valence-corrected chi connectivity index (χ2v) is 6.24. The highest BCUT2D eigenvalue weighted by atomic mass is 32.2. The Morgan fingerprint density at radius 1 is 1.53 bits per heavy atom. The van der Waals surface area contributed by atoms with Gasteiger partial charge in [0, 0.05) is 11.4 Å². The van der Waals surface area contributed by atoms with Crippen LogP contribution in [0.25, 0.3) is 0 Å². The highest BCUT2D eigenvalue weighted by molar-refractivity contribution is 8.00. The van der Waals surface area contributed by atoms with Gasteiger partial charge in [0.2, 0.25) is 0 Å². The van der Waals surface area contributed by atoms with Crippen LogP contribution >= 0.6 is 11.8 Å². The van der Waals surface area contributed by atoms with Gasteiger partial charge in [0.1, 0.15) is 11.4 Å². The predicted molar refractivity (Wildman–Crippen MR) is 77.4 cm³/mol. The first kappa shape index (κ1) is 14.1. The number of benzene rings is 1. The maximum absolute atomic E-state index is 10.6. The van der Waals surface area contributed by atoms with Crippen molar-refractivity contribution in [3.05, 3.63) is 18.2 Å². The number of fused-ring (bicyclic) bond motifs is 1. The first-order chi connectivity index (χ1) is 8.91. The van der Waals surface area contributed by atoms with E-state index in [-0.39, 0.29) is 11.4 Å². The molecule has 0 aromatic heterocycles. The smallest absolute Gasteiger partial charge is 0.313 e. The van der Waals surface area contributed by atoms with Gasteiger partial charge in [0.25, 0.3) is 0 Å². The summed E-state index contributed by atoms with van der Waals surface area (Å²) in [6.07, 6.45) is 0. The van der Waals surface area contributed by atoms with E-state index in [0.29, 0.717) is 0 Å². The quantitative estimate of drug-likeness (QED) is 0.860. The lowest BCUT2D eigenvalue weighted by atomic mass is 10.1. The zero-order valence-corrected chi connectivity index (χ0v) is 12.3. The molecule has 0 bridgehead atoms. The van der Waals surface area contributed by atoms with Crippen LogP contribution < -0.4 is 9.64 Å². The molecule has 0 spiro atoms. The average molecular weight is 281 g/mol. The molecule has 0 radical (unpaired) electrons. The lowest BCUT2D eigenvalue weighted by molar-refractivity contribution is -0.133. The summed E-state index contributed by atoms with van der Waals surface area (Å²) >= 11 is 1.33. The number of hydrogen-bond acceptors (Lipinski definition) is 4. The van der Waals surface area contributed by atoms with Gasteiger partial charge in [-0.05, 0) is 39.0 Å². The zero-order chi connectivity index (χ0) is 14.0. The van der Waals surface area contributed by atoms with Gasteiger partial charge in [0.05, 0.1) is 18.0 Å². The minimum atomic E-state index is -0.799. The molecule has 1 aliphatic rings. The third-order valence-electron chi connectivity index (χ3n) is 2.97. The van der Waals surface area contributed by atoms with Crippen molar-refractivity contribution in [1.29, 1.82) is 0 Å². The molecule has 1 aromatic rings. The van der Waals surface area contributed by atoms with Crippen molar-refractivity contribution in [1.82, 2.24) is 0 Å². The van der Waals surface area contributed by atoms with Crippen LogP contribution in [0.15, 0.2) is 23.1 Å². The van der Waals surface area contributed by atoms with Gasteiger partial charge in [-0.15, -0.1) is 11.8 Å². The Bertz CT molecular complexity index is 488. The molecule has 104 valence electrons. The van der Waals surface area contributed by atoms with E-state index in [2.05, 4.69) is 25.7 Å². The van der Waals surface area contributed by atoms with Gasteiger partial charge in [-0.1, -0.05) is 0 Å². The third-order valence-corrected chi connectivity index (χ3v) is 3.95. The molecule has 0 saturated heterocycles. The summed E-state index contributed by atoms with van der Waals surface area (Å²) in [5.41, 5.74) is 0.857. The number of carboxylic acids is 1. The third kappa shape index (κ3) is 3.35. The van der Waals surface area contributed by atoms with Crippen LogP contribution in [0.4, 0.5) is 5.69 Å². The first-order valence-electron chi connectivity index (χ1n) is 6.34. The van der Waals surface area contributed by atoms with Crippen LogP contribution in [-0.2, 0) is 4.79 Å². The van der Waals surface area contributed by atoms with Crippen molar-refractivity contribution < 1.29 is 14.6 Å². The van der Waals surface area contributed by atoms with Crippen molar-refractivity contribution >= 4 is 23.4 Å². The van der Waals surface area contributed by atoms with Crippen molar-refractivity contribution in [2.24, 2.45) is 0 Å². The molecule has 1 heterocycles. The number of carboxylic acid groups (broad SMARTS) is 1. The minimum Gasteiger partial charge on any atom is -0.484 e. The number of carbonyl (C=O) groups is 1. The summed E-state index contributed by atoms with van der Waals surface area (Å²) in [5.74, 6) is 0.155. The summed E-state index contributed by atoms with van der Waals surface area (Å²) in [5, 5.41) is 8.72. The zero-order valence-electron chi connectivity index (χ0n) is 11.5. The Balaban J connectivity index is 2.25. The fourth-order valence-corrected chi connectivity index (χ4v) is 2.87. The molecule has 1 N–H and O–H groups in total. The second kappa shape index (κ2) is 5.33. The molecule has 2 rings (SSSR count). The second-order valence-electron chi connectivity index (χ2n) is 5.19. The van der Waals surface area contributed by atoms with Gasteiger partial charge in [-0.25, -0.2) is 0 Å². The van der Waals surface area contributed by atoms with E-state index < -0.39 is 5.97 Å². The normalized spacial score (nSPS) is 16.7. The Morgan fingerprint density at radius 3 is 2.89 bits per heavy atom. The van der Waals surface area contributed by atoms with E-state index in [9.17, 15) is 4.79 Å². The van der Waals surface area contributed by atoms with Gasteiger partial charge < -0.3 is 14.7 Å². The monoisotopic (exact) mass is 281 g/mol. The Hall–Kier alpha value is -1.36. The molecule has 4 nitrogen and oxygen atoms in total. The molecule has 0 amide bonds. The summed E-state index contributed by atoms with van der Waals surface area (Å²) in [6.45, 7) is 8.01. The predicted octanol–water partition coefficient (Wildman–Crippen LogP) is 2.86. The molecular formula is C14H19NO3S. The molecule has 0 aliphatic carbocycles. The molecule has 0 unspecified atom stereocenters. The van der Waals surface area contributed by atoms with Gasteiger partial charge >= 0.3 is 5.97 Å². The Kier molecular flexibility index (Phi) is 3.94. The summed E-state index contributed by atoms with van der Waals surface area (Å²) in [4.78, 5) is 13.8. The largest absolute Gasteiger partial charge is 0.484 e. The van der Waals surface area contributed by atoms with Gasteiger partial charge in [-0.3, -0.25) is 4.79 Å². The standard InChI is InChI=1S/C14H19NO3S/c1-4-15-9-14(2,3)18-12-6-5-10(7-11(12)15)19-8-13(16)17/h5-7H,4,8-9H2,1-3H3,(H,16,17). The van der Waals surface area contributed by atoms with Gasteiger partial charge in [-0.2, -0.15) is 0 Å². The summed E-state index contributed by atoms with van der Waals surface area (Å²) in [7, 11) is 0. The highest BCUT2D eigenvalue weighted by Gasteiger charge is 2.30. The average Bonchev–Trinajstić information content (AvgIpc) is 2.34. The number of thioether (sulfide) groups is 1. The van der Waals surface area contributed by atoms with Crippen molar-refractivity contribution in [2.45, 2.75) is 31.3 Å². The lowest BCUT2D eigenvalue weighted by Crippen LogP contribution is -2.46. The van der Waals surface area contributed by atoms with E-state index in [1.165, 1.54) is 11.8 Å². The van der Waals surface area contributed by atoms with Crippen LogP contribution in [0.2, 0.25) is 0 Å². The molecule has 1 aromatic carbocycles. The number of likely N-dealkylation sites (N-methyl/N-ethyl adjacent to an activating group) is 1. The van der Waals surface area contributed by atoms with Crippen LogP contribution in [0.5, 0.6) is 5.75 Å². The number of aliphatic carboxylic acids is 1. The SMILES string of the molecule is CCN1CC(C)(C)Oc2ccc(SCC(=O)O)cc21. The van der Waals surface area contributed by atoms with E-state index in [1.807, 2.05) is 18.2 Å². The summed E-state index contributed by atoms with van der Waals surface area (Å²) < 4.78 is 5.96. The van der Waals surface area contributed by atoms with E-state index in [0.717, 1.165) is 29.4 Å². The summed E-state index contributed by atoms with van der Waals surface area (Å²) in [6, 6.07) is 5.87. The van der Waals surface area contributed by atoms with Crippen molar-refractivity contribution in [2.75, 3.05) is 23.7 Å². The van der Waals surface area contributed by atoms with Crippen molar-refractivity contribution in [3.63, 3.8) is 0 Å². The molecule has 0 fully saturated rings. The molecule has 19 heavy (non-hydrogen) atoms. The lowest BCUT2D eigenvalue weighted by Gasteiger charge is -2.40. The highest BCUT2D eigenvalue weighted by Crippen LogP contribution is 2.39. The fourth-order valence-electron chi connectivity index (χ4n) is 2.22. The molecule has 1 aliphatic heterocycles. The minimum absolute atomic E-state index is 0.0806. The van der Waals surface area contributed by atoms with Crippen molar-refractivity contribution in [3.8, 4) is 5.75 Å². The number of anilines is 1. The van der Waals surface area contributed by atoms with Crippen LogP contribution in [0.1, 0.15) is 20.8 Å². The molecule has 5 heteroatoms. The number of nitrogens with zero attached hydrogens (tertiary/aromatic N) is 1. The van der Waals surface area contributed by atoms with E-state index >= 15 is 0 Å². The van der Waals surface area contributed by atoms with Crippen LogP contribution in [0.3, 0.4) is 0 Å². The Labute approximate surface area is 117 Å². The maximum Gasteiger partial charge on any atom is 0.313 e. The molecule has 0 atom stereocenters. The van der Waals surface area contributed by atoms with Crippen LogP contribution in [0, 0.1) is 0 Å². The number of rotatable bonds is 4. The number of hydrogen-bond donors (Lipinski definition) is 1.